The molecular formula is C21H18BrF2N3O2S. The Bertz CT molecular complexity index is 1140. The molecule has 2 N–H and O–H groups in total. The molecule has 1 amide bonds. The summed E-state index contributed by atoms with van der Waals surface area (Å²) in [7, 11) is 3.07. The van der Waals surface area contributed by atoms with E-state index < -0.39 is 5.76 Å². The SMILES string of the molecule is CNC(=O)c1ccc(NCC#Cc2cc3c(Br)cccn3c2SC(F)F)c(OC)c1. The van der Waals surface area contributed by atoms with Crippen molar-refractivity contribution in [2.75, 3.05) is 26.0 Å². The molecule has 2 aromatic heterocycles. The Morgan fingerprint density at radius 1 is 1.33 bits per heavy atom. The molecule has 0 fully saturated rings. The third kappa shape index (κ3) is 4.89. The Labute approximate surface area is 185 Å². The fourth-order valence-electron chi connectivity index (χ4n) is 2.83. The van der Waals surface area contributed by atoms with E-state index in [4.69, 9.17) is 4.74 Å². The lowest BCUT2D eigenvalue weighted by molar-refractivity contribution is 0.0962. The summed E-state index contributed by atoms with van der Waals surface area (Å²) in [5, 5.41) is 6.07. The molecule has 5 nitrogen and oxygen atoms in total. The summed E-state index contributed by atoms with van der Waals surface area (Å²) in [5.74, 6) is 3.67. The minimum absolute atomic E-state index is 0.212. The fraction of sp³-hybridized carbons (Fsp3) is 0.190. The minimum atomic E-state index is -2.55. The van der Waals surface area contributed by atoms with Crippen LogP contribution in [0.15, 0.2) is 52.1 Å². The predicted octanol–water partition coefficient (Wildman–Crippen LogP) is 4.85. The van der Waals surface area contributed by atoms with Crippen LogP contribution in [0, 0.1) is 11.8 Å². The number of halogens is 3. The average molecular weight is 494 g/mol. The van der Waals surface area contributed by atoms with E-state index >= 15 is 0 Å². The molecule has 9 heteroatoms. The second-order valence-corrected chi connectivity index (χ2v) is 7.84. The van der Waals surface area contributed by atoms with E-state index in [0.29, 0.717) is 39.4 Å². The summed E-state index contributed by atoms with van der Waals surface area (Å²) in [4.78, 5) is 11.7. The van der Waals surface area contributed by atoms with Crippen LogP contribution in [0.25, 0.3) is 5.52 Å². The van der Waals surface area contributed by atoms with Gasteiger partial charge in [-0.3, -0.25) is 4.79 Å². The molecule has 3 aromatic rings. The van der Waals surface area contributed by atoms with Gasteiger partial charge in [0.2, 0.25) is 0 Å². The van der Waals surface area contributed by atoms with Crippen LogP contribution in [0.4, 0.5) is 14.5 Å². The summed E-state index contributed by atoms with van der Waals surface area (Å²) >= 11 is 3.90. The van der Waals surface area contributed by atoms with Crippen LogP contribution in [0.3, 0.4) is 0 Å². The summed E-state index contributed by atoms with van der Waals surface area (Å²) in [6.45, 7) is 0.266. The Morgan fingerprint density at radius 3 is 2.83 bits per heavy atom. The number of amides is 1. The van der Waals surface area contributed by atoms with Gasteiger partial charge in [-0.1, -0.05) is 11.8 Å². The maximum absolute atomic E-state index is 13.0. The van der Waals surface area contributed by atoms with Gasteiger partial charge in [-0.2, -0.15) is 8.78 Å². The van der Waals surface area contributed by atoms with E-state index in [1.807, 2.05) is 6.07 Å². The van der Waals surface area contributed by atoms with Gasteiger partial charge in [-0.15, -0.1) is 0 Å². The summed E-state index contributed by atoms with van der Waals surface area (Å²) in [6.07, 6.45) is 1.73. The number of anilines is 1. The highest BCUT2D eigenvalue weighted by Crippen LogP contribution is 2.33. The second kappa shape index (κ2) is 9.87. The van der Waals surface area contributed by atoms with Gasteiger partial charge in [0.15, 0.2) is 0 Å². The molecule has 2 heterocycles. The van der Waals surface area contributed by atoms with Crippen molar-refractivity contribution in [2.24, 2.45) is 0 Å². The highest BCUT2D eigenvalue weighted by Gasteiger charge is 2.16. The van der Waals surface area contributed by atoms with Crippen molar-refractivity contribution in [3.8, 4) is 17.6 Å². The molecule has 0 saturated heterocycles. The molecule has 0 aliphatic heterocycles. The van der Waals surface area contributed by atoms with Crippen molar-refractivity contribution in [3.63, 3.8) is 0 Å². The van der Waals surface area contributed by atoms with E-state index in [1.54, 1.807) is 48.0 Å². The highest BCUT2D eigenvalue weighted by molar-refractivity contribution is 9.10. The van der Waals surface area contributed by atoms with Gasteiger partial charge >= 0.3 is 0 Å². The molecule has 156 valence electrons. The van der Waals surface area contributed by atoms with Crippen molar-refractivity contribution in [2.45, 2.75) is 10.8 Å². The number of nitrogens with one attached hydrogen (secondary N) is 2. The van der Waals surface area contributed by atoms with E-state index in [9.17, 15) is 13.6 Å². The van der Waals surface area contributed by atoms with E-state index in [0.717, 1.165) is 9.99 Å². The van der Waals surface area contributed by atoms with Crippen LogP contribution in [-0.4, -0.2) is 36.8 Å². The van der Waals surface area contributed by atoms with Gasteiger partial charge in [-0.05, 0) is 64.1 Å². The van der Waals surface area contributed by atoms with E-state index in [2.05, 4.69) is 38.4 Å². The molecule has 0 atom stereocenters. The molecule has 30 heavy (non-hydrogen) atoms. The van der Waals surface area contributed by atoms with Gasteiger partial charge in [0.25, 0.3) is 11.7 Å². The number of hydrogen-bond donors (Lipinski definition) is 2. The number of thioether (sulfide) groups is 1. The number of ether oxygens (including phenoxy) is 1. The zero-order valence-corrected chi connectivity index (χ0v) is 18.5. The van der Waals surface area contributed by atoms with Crippen LogP contribution in [-0.2, 0) is 0 Å². The molecule has 0 spiro atoms. The third-order valence-electron chi connectivity index (χ3n) is 4.19. The Hall–Kier alpha value is -2.70. The molecule has 0 aliphatic rings. The number of carbonyl (C=O) groups excluding carboxylic acids is 1. The quantitative estimate of drug-likeness (QED) is 0.380. The number of alkyl halides is 2. The molecule has 0 radical (unpaired) electrons. The Kier molecular flexibility index (Phi) is 7.24. The standard InChI is InChI=1S/C21H18BrF2N3O2S/c1-25-19(28)13-7-8-16(18(12-13)29-2)26-9-3-5-14-11-17-15(22)6-4-10-27(17)20(14)30-21(23)24/h4,6-8,10-12,21,26H,9H2,1-2H3,(H,25,28). The number of methoxy groups -OCH3 is 1. The van der Waals surface area contributed by atoms with Crippen LogP contribution in [0.2, 0.25) is 0 Å². The highest BCUT2D eigenvalue weighted by atomic mass is 79.9. The number of hydrogen-bond acceptors (Lipinski definition) is 4. The maximum atomic E-state index is 13.0. The normalized spacial score (nSPS) is 10.6. The second-order valence-electron chi connectivity index (χ2n) is 6.00. The zero-order valence-electron chi connectivity index (χ0n) is 16.1. The predicted molar refractivity (Wildman–Crippen MR) is 119 cm³/mol. The molecule has 0 aliphatic carbocycles. The fourth-order valence-corrected chi connectivity index (χ4v) is 3.97. The number of rotatable bonds is 6. The number of benzene rings is 1. The van der Waals surface area contributed by atoms with Gasteiger partial charge in [0, 0.05) is 23.3 Å². The van der Waals surface area contributed by atoms with Crippen molar-refractivity contribution < 1.29 is 18.3 Å². The van der Waals surface area contributed by atoms with Crippen molar-refractivity contribution >= 4 is 44.8 Å². The van der Waals surface area contributed by atoms with E-state index in [1.165, 1.54) is 7.11 Å². The topological polar surface area (TPSA) is 54.8 Å². The summed E-state index contributed by atoms with van der Waals surface area (Å²) in [6, 6.07) is 10.4. The molecule has 0 bridgehead atoms. The number of carbonyl (C=O) groups is 1. The van der Waals surface area contributed by atoms with Crippen LogP contribution in [0.5, 0.6) is 5.75 Å². The van der Waals surface area contributed by atoms with Gasteiger partial charge < -0.3 is 19.8 Å². The Balaban J connectivity index is 1.81. The Morgan fingerprint density at radius 2 is 2.13 bits per heavy atom. The number of aromatic nitrogens is 1. The van der Waals surface area contributed by atoms with E-state index in [-0.39, 0.29) is 12.5 Å². The number of pyridine rings is 1. The zero-order chi connectivity index (χ0) is 21.7. The first-order chi connectivity index (χ1) is 14.4. The lowest BCUT2D eigenvalue weighted by Crippen LogP contribution is -2.17. The lowest BCUT2D eigenvalue weighted by Gasteiger charge is -2.10. The monoisotopic (exact) mass is 493 g/mol. The van der Waals surface area contributed by atoms with Gasteiger partial charge in [-0.25, -0.2) is 0 Å². The largest absolute Gasteiger partial charge is 0.495 e. The number of nitrogens with zero attached hydrogens (tertiary/aromatic N) is 1. The van der Waals surface area contributed by atoms with Gasteiger partial charge in [0.05, 0.1) is 30.4 Å². The van der Waals surface area contributed by atoms with Crippen LogP contribution >= 0.6 is 27.7 Å². The lowest BCUT2D eigenvalue weighted by atomic mass is 10.1. The molecule has 0 saturated carbocycles. The van der Waals surface area contributed by atoms with Gasteiger partial charge in [0.1, 0.15) is 10.8 Å². The first-order valence-corrected chi connectivity index (χ1v) is 10.5. The first kappa shape index (κ1) is 22.0. The molecule has 0 unspecified atom stereocenters. The third-order valence-corrected chi connectivity index (χ3v) is 5.68. The van der Waals surface area contributed by atoms with Crippen molar-refractivity contribution in [1.82, 2.24) is 9.72 Å². The smallest absolute Gasteiger partial charge is 0.290 e. The first-order valence-electron chi connectivity index (χ1n) is 8.81. The minimum Gasteiger partial charge on any atom is -0.495 e. The van der Waals surface area contributed by atoms with Crippen LogP contribution < -0.4 is 15.4 Å². The average Bonchev–Trinajstić information content (AvgIpc) is 3.08. The van der Waals surface area contributed by atoms with Crippen LogP contribution in [0.1, 0.15) is 15.9 Å². The molecular weight excluding hydrogens is 476 g/mol. The number of fused-ring (bicyclic) bond motifs is 1. The summed E-state index contributed by atoms with van der Waals surface area (Å²) < 4.78 is 33.9. The maximum Gasteiger partial charge on any atom is 0.290 e. The van der Waals surface area contributed by atoms with Crippen molar-refractivity contribution in [1.29, 1.82) is 0 Å². The molecule has 3 rings (SSSR count). The summed E-state index contributed by atoms with van der Waals surface area (Å²) in [5.41, 5.74) is 2.44. The van der Waals surface area contributed by atoms with Crippen molar-refractivity contribution in [3.05, 3.63) is 58.2 Å². The molecule has 1 aromatic carbocycles.